The van der Waals surface area contributed by atoms with Crippen molar-refractivity contribution in [2.45, 2.75) is 19.4 Å². The smallest absolute Gasteiger partial charge is 0.254 e. The van der Waals surface area contributed by atoms with Gasteiger partial charge in [0, 0.05) is 4.47 Å². The molecular weight excluding hydrogens is 375 g/mol. The van der Waals surface area contributed by atoms with Crippen LogP contribution in [0, 0.1) is 5.82 Å². The minimum absolute atomic E-state index is 0.0785. The van der Waals surface area contributed by atoms with Gasteiger partial charge >= 0.3 is 0 Å². The van der Waals surface area contributed by atoms with Gasteiger partial charge in [-0.15, -0.1) is 0 Å². The Kier molecular flexibility index (Phi) is 6.49. The number of carbonyl (C=O) groups excluding carboxylic acids is 2. The number of hydrogen-bond donors (Lipinski definition) is 2. The summed E-state index contributed by atoms with van der Waals surface area (Å²) in [6, 6.07) is 13.2. The van der Waals surface area contributed by atoms with Gasteiger partial charge < -0.3 is 10.6 Å². The Bertz CT molecular complexity index is 719. The van der Waals surface area contributed by atoms with Gasteiger partial charge in [0.1, 0.15) is 5.82 Å². The molecule has 24 heavy (non-hydrogen) atoms. The van der Waals surface area contributed by atoms with Gasteiger partial charge in [-0.1, -0.05) is 47.1 Å². The first kappa shape index (κ1) is 18.1. The molecule has 0 bridgehead atoms. The molecular formula is C18H18BrFN2O2. The van der Waals surface area contributed by atoms with Crippen LogP contribution in [0.2, 0.25) is 0 Å². The third-order valence-electron chi connectivity index (χ3n) is 3.54. The number of carbonyl (C=O) groups is 2. The van der Waals surface area contributed by atoms with E-state index in [9.17, 15) is 14.0 Å². The van der Waals surface area contributed by atoms with E-state index < -0.39 is 11.7 Å². The Hall–Kier alpha value is -2.21. The zero-order chi connectivity index (χ0) is 17.5. The van der Waals surface area contributed by atoms with Crippen LogP contribution in [-0.2, 0) is 4.79 Å². The van der Waals surface area contributed by atoms with E-state index in [1.807, 2.05) is 31.2 Å². The molecule has 0 radical (unpaired) electrons. The van der Waals surface area contributed by atoms with E-state index in [1.54, 1.807) is 6.07 Å². The van der Waals surface area contributed by atoms with Crippen LogP contribution in [0.5, 0.6) is 0 Å². The monoisotopic (exact) mass is 392 g/mol. The molecule has 0 aromatic heterocycles. The molecule has 2 rings (SSSR count). The summed E-state index contributed by atoms with van der Waals surface area (Å²) in [5.41, 5.74) is 0.903. The lowest BCUT2D eigenvalue weighted by molar-refractivity contribution is -0.120. The molecule has 2 aromatic carbocycles. The maximum Gasteiger partial charge on any atom is 0.254 e. The Morgan fingerprint density at radius 1 is 1.12 bits per heavy atom. The Morgan fingerprint density at radius 3 is 2.42 bits per heavy atom. The SMILES string of the molecule is CCC(NC(=O)CNC(=O)c1ccccc1F)c1ccc(Br)cc1. The lowest BCUT2D eigenvalue weighted by atomic mass is 10.0. The second-order valence-corrected chi connectivity index (χ2v) is 6.16. The van der Waals surface area contributed by atoms with Crippen molar-refractivity contribution in [1.82, 2.24) is 10.6 Å². The molecule has 4 nitrogen and oxygen atoms in total. The van der Waals surface area contributed by atoms with E-state index in [0.29, 0.717) is 6.42 Å². The van der Waals surface area contributed by atoms with Gasteiger partial charge in [-0.3, -0.25) is 9.59 Å². The second kappa shape index (κ2) is 8.59. The molecule has 126 valence electrons. The first-order valence-corrected chi connectivity index (χ1v) is 8.38. The Labute approximate surface area is 148 Å². The lowest BCUT2D eigenvalue weighted by Crippen LogP contribution is -2.38. The second-order valence-electron chi connectivity index (χ2n) is 5.24. The average molecular weight is 393 g/mol. The quantitative estimate of drug-likeness (QED) is 0.788. The number of nitrogens with one attached hydrogen (secondary N) is 2. The fourth-order valence-electron chi connectivity index (χ4n) is 2.26. The largest absolute Gasteiger partial charge is 0.348 e. The minimum atomic E-state index is -0.614. The number of benzene rings is 2. The molecule has 0 heterocycles. The van der Waals surface area contributed by atoms with Gasteiger partial charge in [0.15, 0.2) is 0 Å². The fourth-order valence-corrected chi connectivity index (χ4v) is 2.53. The van der Waals surface area contributed by atoms with Crippen molar-refractivity contribution in [3.63, 3.8) is 0 Å². The Balaban J connectivity index is 1.91. The van der Waals surface area contributed by atoms with E-state index in [4.69, 9.17) is 0 Å². The molecule has 0 saturated heterocycles. The van der Waals surface area contributed by atoms with Gasteiger partial charge in [0.05, 0.1) is 18.2 Å². The standard InChI is InChI=1S/C18H18BrFN2O2/c1-2-16(12-7-9-13(19)10-8-12)22-17(23)11-21-18(24)14-5-3-4-6-15(14)20/h3-10,16H,2,11H2,1H3,(H,21,24)(H,22,23). The normalized spacial score (nSPS) is 11.6. The molecule has 1 unspecified atom stereocenters. The minimum Gasteiger partial charge on any atom is -0.348 e. The molecule has 0 spiro atoms. The van der Waals surface area contributed by atoms with Crippen LogP contribution < -0.4 is 10.6 Å². The van der Waals surface area contributed by atoms with E-state index in [1.165, 1.54) is 18.2 Å². The first-order chi connectivity index (χ1) is 11.5. The molecule has 0 fully saturated rings. The zero-order valence-corrected chi connectivity index (χ0v) is 14.8. The highest BCUT2D eigenvalue weighted by molar-refractivity contribution is 9.10. The third kappa shape index (κ3) is 4.89. The molecule has 0 aliphatic carbocycles. The van der Waals surface area contributed by atoms with E-state index in [2.05, 4.69) is 26.6 Å². The number of halogens is 2. The van der Waals surface area contributed by atoms with Crippen molar-refractivity contribution in [2.75, 3.05) is 6.54 Å². The van der Waals surface area contributed by atoms with Crippen molar-refractivity contribution in [2.24, 2.45) is 0 Å². The molecule has 2 aromatic rings. The van der Waals surface area contributed by atoms with E-state index in [-0.39, 0.29) is 24.1 Å². The summed E-state index contributed by atoms with van der Waals surface area (Å²) in [5, 5.41) is 5.29. The Morgan fingerprint density at radius 2 is 1.79 bits per heavy atom. The van der Waals surface area contributed by atoms with Crippen molar-refractivity contribution >= 4 is 27.7 Å². The van der Waals surface area contributed by atoms with E-state index in [0.717, 1.165) is 10.0 Å². The highest BCUT2D eigenvalue weighted by atomic mass is 79.9. The zero-order valence-electron chi connectivity index (χ0n) is 13.2. The maximum atomic E-state index is 13.5. The molecule has 0 aliphatic heterocycles. The van der Waals surface area contributed by atoms with Crippen LogP contribution in [0.1, 0.15) is 35.3 Å². The van der Waals surface area contributed by atoms with Crippen LogP contribution in [0.25, 0.3) is 0 Å². The summed E-state index contributed by atoms with van der Waals surface area (Å²) < 4.78 is 14.5. The third-order valence-corrected chi connectivity index (χ3v) is 4.07. The first-order valence-electron chi connectivity index (χ1n) is 7.58. The molecule has 1 atom stereocenters. The predicted molar refractivity (Wildman–Crippen MR) is 94.0 cm³/mol. The summed E-state index contributed by atoms with van der Waals surface area (Å²) in [7, 11) is 0. The van der Waals surface area contributed by atoms with Crippen molar-refractivity contribution in [3.8, 4) is 0 Å². The highest BCUT2D eigenvalue weighted by Crippen LogP contribution is 2.19. The lowest BCUT2D eigenvalue weighted by Gasteiger charge is -2.18. The summed E-state index contributed by atoms with van der Waals surface area (Å²) >= 11 is 3.37. The van der Waals surface area contributed by atoms with Crippen LogP contribution >= 0.6 is 15.9 Å². The summed E-state index contributed by atoms with van der Waals surface area (Å²) in [6.07, 6.45) is 0.717. The molecule has 6 heteroatoms. The van der Waals surface area contributed by atoms with Crippen LogP contribution in [0.3, 0.4) is 0 Å². The van der Waals surface area contributed by atoms with Crippen molar-refractivity contribution in [3.05, 3.63) is 69.9 Å². The summed E-state index contributed by atoms with van der Waals surface area (Å²) in [4.78, 5) is 23.9. The number of rotatable bonds is 6. The van der Waals surface area contributed by atoms with Gasteiger partial charge in [0.2, 0.25) is 5.91 Å². The van der Waals surface area contributed by atoms with Crippen LogP contribution in [0.4, 0.5) is 4.39 Å². The van der Waals surface area contributed by atoms with Crippen LogP contribution in [-0.4, -0.2) is 18.4 Å². The average Bonchev–Trinajstić information content (AvgIpc) is 2.59. The summed E-state index contributed by atoms with van der Waals surface area (Å²) in [5.74, 6) is -1.55. The molecule has 0 saturated carbocycles. The van der Waals surface area contributed by atoms with Gasteiger partial charge in [0.25, 0.3) is 5.91 Å². The molecule has 0 aliphatic rings. The predicted octanol–water partition coefficient (Wildman–Crippen LogP) is 3.59. The maximum absolute atomic E-state index is 13.5. The van der Waals surface area contributed by atoms with Gasteiger partial charge in [-0.2, -0.15) is 0 Å². The van der Waals surface area contributed by atoms with Gasteiger partial charge in [-0.05, 0) is 36.2 Å². The van der Waals surface area contributed by atoms with Crippen molar-refractivity contribution in [1.29, 1.82) is 0 Å². The highest BCUT2D eigenvalue weighted by Gasteiger charge is 2.15. The van der Waals surface area contributed by atoms with Gasteiger partial charge in [-0.25, -0.2) is 4.39 Å². The van der Waals surface area contributed by atoms with Crippen molar-refractivity contribution < 1.29 is 14.0 Å². The van der Waals surface area contributed by atoms with E-state index >= 15 is 0 Å². The topological polar surface area (TPSA) is 58.2 Å². The van der Waals surface area contributed by atoms with Crippen LogP contribution in [0.15, 0.2) is 53.0 Å². The number of hydrogen-bond acceptors (Lipinski definition) is 2. The summed E-state index contributed by atoms with van der Waals surface area (Å²) in [6.45, 7) is 1.76. The fraction of sp³-hybridized carbons (Fsp3) is 0.222. The number of amides is 2. The molecule has 2 N–H and O–H groups in total. The molecule has 2 amide bonds.